The van der Waals surface area contributed by atoms with Gasteiger partial charge in [0.2, 0.25) is 0 Å². The van der Waals surface area contributed by atoms with E-state index in [9.17, 15) is 44.3 Å². The number of carbonyl (C=O) groups excluding carboxylic acids is 1. The number of fused-ring (bicyclic) bond motifs is 1. The van der Waals surface area contributed by atoms with Gasteiger partial charge in [-0.1, -0.05) is 0 Å². The van der Waals surface area contributed by atoms with E-state index in [-0.39, 0.29) is 33.3 Å². The van der Waals surface area contributed by atoms with Crippen molar-refractivity contribution in [3.63, 3.8) is 0 Å². The largest absolute Gasteiger partial charge is 0.494 e. The number of pyridine rings is 1. The number of methoxy groups -OCH3 is 2. The molecule has 1 N–H and O–H groups in total. The van der Waals surface area contributed by atoms with Gasteiger partial charge in [-0.3, -0.25) is 4.98 Å². The van der Waals surface area contributed by atoms with Crippen molar-refractivity contribution in [2.75, 3.05) is 20.8 Å². The number of alkyl halides is 9. The second-order valence-corrected chi connectivity index (χ2v) is 8.53. The van der Waals surface area contributed by atoms with E-state index in [0.29, 0.717) is 0 Å². The minimum absolute atomic E-state index is 0.00199. The molecule has 0 saturated carbocycles. The van der Waals surface area contributed by atoms with Crippen LogP contribution in [-0.2, 0) is 0 Å². The van der Waals surface area contributed by atoms with Crippen molar-refractivity contribution < 1.29 is 53.8 Å². The zero-order chi connectivity index (χ0) is 30.8. The van der Waals surface area contributed by atoms with Gasteiger partial charge in [0.25, 0.3) is 0 Å². The Balaban J connectivity index is 2.06. The van der Waals surface area contributed by atoms with Gasteiger partial charge in [0.15, 0.2) is 17.4 Å². The summed E-state index contributed by atoms with van der Waals surface area (Å²) in [4.78, 5) is 20.5. The molecule has 3 rings (SSSR count). The van der Waals surface area contributed by atoms with Gasteiger partial charge < -0.3 is 19.7 Å². The number of nitrogens with one attached hydrogen (secondary N) is 1. The van der Waals surface area contributed by atoms with Crippen molar-refractivity contribution in [2.24, 2.45) is 0 Å². The van der Waals surface area contributed by atoms with E-state index in [1.807, 2.05) is 0 Å². The summed E-state index contributed by atoms with van der Waals surface area (Å²) in [5.74, 6) is 0.153. The predicted molar refractivity (Wildman–Crippen MR) is 124 cm³/mol. The molecule has 41 heavy (non-hydrogen) atoms. The summed E-state index contributed by atoms with van der Waals surface area (Å²) in [6.45, 7) is 0.274. The molecule has 3 aromatic rings. The van der Waals surface area contributed by atoms with Crippen LogP contribution in [0.1, 0.15) is 31.5 Å². The summed E-state index contributed by atoms with van der Waals surface area (Å²) in [5.41, 5.74) is -0.548. The Morgan fingerprint density at radius 1 is 1.00 bits per heavy atom. The molecule has 0 bridgehead atoms. The molecule has 2 amide bonds. The lowest BCUT2D eigenvalue weighted by atomic mass is 10.1. The maximum atomic E-state index is 14.4. The molecule has 0 spiro atoms. The van der Waals surface area contributed by atoms with Crippen LogP contribution in [-0.4, -0.2) is 75.8 Å². The van der Waals surface area contributed by atoms with Crippen LogP contribution < -0.4 is 14.8 Å². The van der Waals surface area contributed by atoms with E-state index in [1.165, 1.54) is 42.5 Å². The Kier molecular flexibility index (Phi) is 9.12. The third-order valence-corrected chi connectivity index (χ3v) is 5.84. The third-order valence-electron chi connectivity index (χ3n) is 5.84. The molecule has 0 fully saturated rings. The van der Waals surface area contributed by atoms with Gasteiger partial charge in [-0.2, -0.15) is 44.6 Å². The molecule has 1 unspecified atom stereocenters. The first kappa shape index (κ1) is 31.5. The van der Waals surface area contributed by atoms with Crippen molar-refractivity contribution in [1.82, 2.24) is 29.8 Å². The monoisotopic (exact) mass is 602 g/mol. The summed E-state index contributed by atoms with van der Waals surface area (Å²) >= 11 is 0. The SMILES string of the molecule is CCN(C(=O)N[C@@H](CCC(F)(F)F)C(F)(F)F)C(c1cc(-c2cc(OC)c3nccn3n2)c(OC)cn1)C(F)(F)F. The van der Waals surface area contributed by atoms with Crippen LogP contribution in [0.2, 0.25) is 0 Å². The first-order chi connectivity index (χ1) is 19.0. The van der Waals surface area contributed by atoms with Gasteiger partial charge in [0.1, 0.15) is 11.8 Å². The lowest BCUT2D eigenvalue weighted by Gasteiger charge is -2.34. The normalized spacial score (nSPS) is 14.0. The van der Waals surface area contributed by atoms with E-state index >= 15 is 0 Å². The van der Waals surface area contributed by atoms with Gasteiger partial charge in [-0.05, 0) is 19.4 Å². The first-order valence-corrected chi connectivity index (χ1v) is 11.7. The lowest BCUT2D eigenvalue weighted by molar-refractivity contribution is -0.182. The number of hydrogen-bond donors (Lipinski definition) is 1. The van der Waals surface area contributed by atoms with Crippen LogP contribution in [0.25, 0.3) is 16.9 Å². The summed E-state index contributed by atoms with van der Waals surface area (Å²) in [6.07, 6.45) is -15.4. The molecule has 0 saturated heterocycles. The van der Waals surface area contributed by atoms with Crippen LogP contribution in [0, 0.1) is 0 Å². The van der Waals surface area contributed by atoms with E-state index in [4.69, 9.17) is 9.47 Å². The first-order valence-electron chi connectivity index (χ1n) is 11.7. The molecule has 0 aliphatic carbocycles. The minimum Gasteiger partial charge on any atom is -0.494 e. The molecular weight excluding hydrogens is 579 g/mol. The van der Waals surface area contributed by atoms with E-state index in [2.05, 4.69) is 15.1 Å². The molecule has 2 atom stereocenters. The summed E-state index contributed by atoms with van der Waals surface area (Å²) < 4.78 is 133. The second kappa shape index (κ2) is 11.9. The van der Waals surface area contributed by atoms with Crippen LogP contribution in [0.3, 0.4) is 0 Å². The molecular formula is C23H23F9N6O3. The highest BCUT2D eigenvalue weighted by atomic mass is 19.4. The number of hydrogen-bond acceptors (Lipinski definition) is 6. The number of halogens is 9. The van der Waals surface area contributed by atoms with Crippen molar-refractivity contribution in [3.05, 3.63) is 36.4 Å². The number of rotatable bonds is 9. The fourth-order valence-electron chi connectivity index (χ4n) is 3.95. The number of imidazole rings is 1. The van der Waals surface area contributed by atoms with Gasteiger partial charge in [-0.15, -0.1) is 0 Å². The number of urea groups is 1. The number of ether oxygens (including phenoxy) is 2. The van der Waals surface area contributed by atoms with E-state index in [0.717, 1.165) is 19.2 Å². The van der Waals surface area contributed by atoms with Crippen LogP contribution >= 0.6 is 0 Å². The van der Waals surface area contributed by atoms with Crippen molar-refractivity contribution in [3.8, 4) is 22.8 Å². The van der Waals surface area contributed by atoms with Crippen LogP contribution in [0.4, 0.5) is 44.3 Å². The highest BCUT2D eigenvalue weighted by molar-refractivity contribution is 5.76. The smallest absolute Gasteiger partial charge is 0.414 e. The molecule has 3 heterocycles. The number of amides is 2. The summed E-state index contributed by atoms with van der Waals surface area (Å²) in [5, 5.41) is 5.54. The highest BCUT2D eigenvalue weighted by Gasteiger charge is 2.49. The zero-order valence-corrected chi connectivity index (χ0v) is 21.5. The number of nitrogens with zero attached hydrogens (tertiary/aromatic N) is 5. The second-order valence-electron chi connectivity index (χ2n) is 8.53. The standard InChI is InChI=1S/C23H23F9N6O3/c1-4-37(20(39)35-17(22(27,28)29)5-6-21(24,25)26)18(23(30,31)32)14-9-12(16(41-3)11-34-14)13-10-15(40-2)19-33-7-8-38(19)36-13/h7-11,17-18H,4-6H2,1-3H3,(H,35,39)/t17-,18?/m0/s1. The highest BCUT2D eigenvalue weighted by Crippen LogP contribution is 2.40. The molecule has 0 aromatic carbocycles. The molecule has 9 nitrogen and oxygen atoms in total. The topological polar surface area (TPSA) is 93.9 Å². The van der Waals surface area contributed by atoms with Gasteiger partial charge in [-0.25, -0.2) is 14.3 Å². The van der Waals surface area contributed by atoms with Crippen LogP contribution in [0.5, 0.6) is 11.5 Å². The fraction of sp³-hybridized carbons (Fsp3) is 0.478. The Bertz CT molecular complexity index is 1360. The Morgan fingerprint density at radius 2 is 1.66 bits per heavy atom. The van der Waals surface area contributed by atoms with Crippen molar-refractivity contribution in [2.45, 2.75) is 50.4 Å². The fourth-order valence-corrected chi connectivity index (χ4v) is 3.95. The molecule has 3 aromatic heterocycles. The Labute approximate surface area is 226 Å². The molecule has 226 valence electrons. The maximum absolute atomic E-state index is 14.4. The van der Waals surface area contributed by atoms with Crippen molar-refractivity contribution >= 4 is 11.7 Å². The van der Waals surface area contributed by atoms with Gasteiger partial charge in [0, 0.05) is 37.0 Å². The summed E-state index contributed by atoms with van der Waals surface area (Å²) in [7, 11) is 2.53. The van der Waals surface area contributed by atoms with Gasteiger partial charge in [0.05, 0.1) is 31.8 Å². The van der Waals surface area contributed by atoms with E-state index in [1.54, 1.807) is 0 Å². The zero-order valence-electron chi connectivity index (χ0n) is 21.5. The molecule has 0 aliphatic rings. The summed E-state index contributed by atoms with van der Waals surface area (Å²) in [6, 6.07) is -5.60. The predicted octanol–water partition coefficient (Wildman–Crippen LogP) is 5.72. The van der Waals surface area contributed by atoms with Gasteiger partial charge >= 0.3 is 24.6 Å². The number of carbonyl (C=O) groups is 1. The third kappa shape index (κ3) is 7.40. The molecule has 0 radical (unpaired) electrons. The lowest BCUT2D eigenvalue weighted by Crippen LogP contribution is -2.53. The number of aromatic nitrogens is 4. The average molecular weight is 602 g/mol. The molecule has 18 heteroatoms. The van der Waals surface area contributed by atoms with Crippen molar-refractivity contribution in [1.29, 1.82) is 0 Å². The van der Waals surface area contributed by atoms with E-state index < -0.39 is 61.7 Å². The Hall–Kier alpha value is -3.99. The minimum atomic E-state index is -5.36. The quantitative estimate of drug-likeness (QED) is 0.315. The van der Waals surface area contributed by atoms with Crippen LogP contribution in [0.15, 0.2) is 30.7 Å². The maximum Gasteiger partial charge on any atom is 0.414 e. The average Bonchev–Trinajstić information content (AvgIpc) is 3.35. The molecule has 0 aliphatic heterocycles. The Morgan fingerprint density at radius 3 is 2.20 bits per heavy atom.